The Morgan fingerprint density at radius 3 is 2.68 bits per heavy atom. The number of ether oxygens (including phenoxy) is 1. The number of nitrogens with zero attached hydrogens (tertiary/aromatic N) is 1. The Morgan fingerprint density at radius 2 is 1.94 bits per heavy atom. The summed E-state index contributed by atoms with van der Waals surface area (Å²) in [7, 11) is 0. The van der Waals surface area contributed by atoms with E-state index >= 15 is 0 Å². The van der Waals surface area contributed by atoms with Crippen LogP contribution in [0.15, 0.2) is 85.1 Å². The van der Waals surface area contributed by atoms with E-state index in [2.05, 4.69) is 35.1 Å². The monoisotopic (exact) mass is 458 g/mol. The van der Waals surface area contributed by atoms with E-state index in [-0.39, 0.29) is 12.5 Å². The Kier molecular flexibility index (Phi) is 6.97. The molecule has 6 heteroatoms. The second-order valence-corrected chi connectivity index (χ2v) is 8.07. The Labute approximate surface area is 197 Å². The highest BCUT2D eigenvalue weighted by atomic mass is 19.1. The summed E-state index contributed by atoms with van der Waals surface area (Å²) in [5.41, 5.74) is 4.24. The van der Waals surface area contributed by atoms with Crippen LogP contribution in [-0.2, 0) is 6.54 Å². The number of allylic oxidation sites excluding steroid dienone is 5. The molecule has 1 aliphatic rings. The first-order chi connectivity index (χ1) is 16.4. The number of carbonyl (C=O) groups is 1. The zero-order chi connectivity index (χ0) is 24.1. The number of nitrogens with one attached hydrogen (secondary N) is 1. The molecule has 0 atom stereocenters. The SMILES string of the molecule is C=C(CC1=CCC=C1)c1cc(Oc2cccc(C(=O)NCc3cc(F)cc(F)c3)c2C)ccn1. The van der Waals surface area contributed by atoms with Crippen LogP contribution in [0.1, 0.15) is 40.0 Å². The molecule has 4 nitrogen and oxygen atoms in total. The predicted molar refractivity (Wildman–Crippen MR) is 129 cm³/mol. The van der Waals surface area contributed by atoms with Gasteiger partial charge >= 0.3 is 0 Å². The van der Waals surface area contributed by atoms with Crippen molar-refractivity contribution in [3.05, 3.63) is 119 Å². The highest BCUT2D eigenvalue weighted by molar-refractivity contribution is 5.96. The molecule has 4 rings (SSSR count). The highest BCUT2D eigenvalue weighted by Gasteiger charge is 2.14. The van der Waals surface area contributed by atoms with Gasteiger partial charge in [0.05, 0.1) is 5.69 Å². The minimum absolute atomic E-state index is 0.000509. The molecule has 0 radical (unpaired) electrons. The molecule has 0 bridgehead atoms. The van der Waals surface area contributed by atoms with E-state index in [9.17, 15) is 13.6 Å². The van der Waals surface area contributed by atoms with Gasteiger partial charge in [-0.25, -0.2) is 8.78 Å². The molecule has 0 fully saturated rings. The van der Waals surface area contributed by atoms with Gasteiger partial charge in [0.25, 0.3) is 5.91 Å². The van der Waals surface area contributed by atoms with Crippen LogP contribution in [0.5, 0.6) is 11.5 Å². The fourth-order valence-electron chi connectivity index (χ4n) is 3.73. The fourth-order valence-corrected chi connectivity index (χ4v) is 3.73. The lowest BCUT2D eigenvalue weighted by molar-refractivity contribution is 0.0950. The van der Waals surface area contributed by atoms with Gasteiger partial charge in [0.15, 0.2) is 0 Å². The molecule has 1 aromatic heterocycles. The maximum absolute atomic E-state index is 13.4. The quantitative estimate of drug-likeness (QED) is 0.410. The number of hydrogen-bond donors (Lipinski definition) is 1. The summed E-state index contributed by atoms with van der Waals surface area (Å²) in [5.74, 6) is -0.640. The number of pyridine rings is 1. The standard InChI is InChI=1S/C28H24F2N2O2/c1-18(12-20-6-3-4-7-20)26-16-24(10-11-31-26)34-27-9-5-8-25(19(27)2)28(33)32-17-21-13-22(29)15-23(30)14-21/h3,5-11,13-16H,1,4,12,17H2,2H3,(H,32,33). The molecule has 1 aliphatic carbocycles. The average Bonchev–Trinajstić information content (AvgIpc) is 3.31. The minimum atomic E-state index is -0.688. The first-order valence-corrected chi connectivity index (χ1v) is 10.9. The second-order valence-electron chi connectivity index (χ2n) is 8.07. The number of rotatable bonds is 8. The highest BCUT2D eigenvalue weighted by Crippen LogP contribution is 2.30. The topological polar surface area (TPSA) is 51.2 Å². The lowest BCUT2D eigenvalue weighted by atomic mass is 10.0. The van der Waals surface area contributed by atoms with Crippen molar-refractivity contribution in [3.8, 4) is 11.5 Å². The third-order valence-electron chi connectivity index (χ3n) is 5.49. The van der Waals surface area contributed by atoms with Gasteiger partial charge in [-0.15, -0.1) is 0 Å². The normalized spacial score (nSPS) is 12.4. The van der Waals surface area contributed by atoms with Gasteiger partial charge in [-0.05, 0) is 66.8 Å². The van der Waals surface area contributed by atoms with Crippen LogP contribution in [-0.4, -0.2) is 10.9 Å². The van der Waals surface area contributed by atoms with E-state index in [1.165, 1.54) is 17.7 Å². The van der Waals surface area contributed by atoms with Crippen LogP contribution in [0.25, 0.3) is 5.57 Å². The summed E-state index contributed by atoms with van der Waals surface area (Å²) in [6.07, 6.45) is 9.70. The lowest BCUT2D eigenvalue weighted by Crippen LogP contribution is -2.23. The van der Waals surface area contributed by atoms with Crippen LogP contribution in [0.4, 0.5) is 8.78 Å². The molecule has 172 valence electrons. The summed E-state index contributed by atoms with van der Waals surface area (Å²) >= 11 is 0. The summed E-state index contributed by atoms with van der Waals surface area (Å²) in [4.78, 5) is 17.1. The zero-order valence-electron chi connectivity index (χ0n) is 18.8. The van der Waals surface area contributed by atoms with E-state index in [0.29, 0.717) is 28.2 Å². The molecular weight excluding hydrogens is 434 g/mol. The van der Waals surface area contributed by atoms with Crippen LogP contribution < -0.4 is 10.1 Å². The molecule has 0 aliphatic heterocycles. The summed E-state index contributed by atoms with van der Waals surface area (Å²) in [6.45, 7) is 5.94. The molecule has 34 heavy (non-hydrogen) atoms. The molecule has 0 unspecified atom stereocenters. The van der Waals surface area contributed by atoms with Crippen molar-refractivity contribution >= 4 is 11.5 Å². The lowest BCUT2D eigenvalue weighted by Gasteiger charge is -2.14. The molecular formula is C28H24F2N2O2. The third kappa shape index (κ3) is 5.64. The Bertz CT molecular complexity index is 1290. The number of carbonyl (C=O) groups excluding carboxylic acids is 1. The average molecular weight is 459 g/mol. The molecule has 3 aromatic rings. The summed E-state index contributed by atoms with van der Waals surface area (Å²) in [6, 6.07) is 11.9. The van der Waals surface area contributed by atoms with E-state index in [1.54, 1.807) is 37.4 Å². The molecule has 1 amide bonds. The first kappa shape index (κ1) is 23.1. The molecule has 0 spiro atoms. The van der Waals surface area contributed by atoms with Gasteiger partial charge in [0.2, 0.25) is 0 Å². The van der Waals surface area contributed by atoms with Crippen LogP contribution >= 0.6 is 0 Å². The Morgan fingerprint density at radius 1 is 1.15 bits per heavy atom. The number of amides is 1. The minimum Gasteiger partial charge on any atom is -0.457 e. The van der Waals surface area contributed by atoms with Gasteiger partial charge in [-0.2, -0.15) is 0 Å². The van der Waals surface area contributed by atoms with E-state index in [4.69, 9.17) is 4.74 Å². The third-order valence-corrected chi connectivity index (χ3v) is 5.49. The van der Waals surface area contributed by atoms with Crippen molar-refractivity contribution in [1.29, 1.82) is 0 Å². The number of benzene rings is 2. The van der Waals surface area contributed by atoms with Gasteiger partial charge < -0.3 is 10.1 Å². The van der Waals surface area contributed by atoms with Gasteiger partial charge in [-0.1, -0.05) is 30.9 Å². The molecule has 1 heterocycles. The fraction of sp³-hybridized carbons (Fsp3) is 0.143. The first-order valence-electron chi connectivity index (χ1n) is 10.9. The van der Waals surface area contributed by atoms with Gasteiger partial charge in [0, 0.05) is 36.0 Å². The zero-order valence-corrected chi connectivity index (χ0v) is 18.8. The van der Waals surface area contributed by atoms with Crippen LogP contribution in [0.3, 0.4) is 0 Å². The van der Waals surface area contributed by atoms with Gasteiger partial charge in [-0.3, -0.25) is 9.78 Å². The molecule has 2 aromatic carbocycles. The van der Waals surface area contributed by atoms with E-state index in [0.717, 1.165) is 30.2 Å². The van der Waals surface area contributed by atoms with E-state index in [1.807, 2.05) is 6.07 Å². The maximum atomic E-state index is 13.4. The molecule has 1 N–H and O–H groups in total. The van der Waals surface area contributed by atoms with Crippen molar-refractivity contribution in [2.75, 3.05) is 0 Å². The predicted octanol–water partition coefficient (Wildman–Crippen LogP) is 6.68. The number of aromatic nitrogens is 1. The number of halogens is 2. The van der Waals surface area contributed by atoms with Crippen molar-refractivity contribution in [2.45, 2.75) is 26.3 Å². The van der Waals surface area contributed by atoms with Crippen molar-refractivity contribution in [2.24, 2.45) is 0 Å². The van der Waals surface area contributed by atoms with Crippen molar-refractivity contribution in [3.63, 3.8) is 0 Å². The van der Waals surface area contributed by atoms with Crippen molar-refractivity contribution < 1.29 is 18.3 Å². The Hall–Kier alpha value is -4.06. The Balaban J connectivity index is 1.46. The molecule has 0 saturated carbocycles. The molecule has 0 saturated heterocycles. The van der Waals surface area contributed by atoms with E-state index < -0.39 is 11.6 Å². The summed E-state index contributed by atoms with van der Waals surface area (Å²) < 4.78 is 32.9. The number of hydrogen-bond acceptors (Lipinski definition) is 3. The second kappa shape index (κ2) is 10.3. The maximum Gasteiger partial charge on any atom is 0.251 e. The van der Waals surface area contributed by atoms with Crippen LogP contribution in [0.2, 0.25) is 0 Å². The largest absolute Gasteiger partial charge is 0.457 e. The smallest absolute Gasteiger partial charge is 0.251 e. The van der Waals surface area contributed by atoms with Gasteiger partial charge in [0.1, 0.15) is 23.1 Å². The van der Waals surface area contributed by atoms with Crippen molar-refractivity contribution in [1.82, 2.24) is 10.3 Å². The van der Waals surface area contributed by atoms with Crippen LogP contribution in [0, 0.1) is 18.6 Å². The summed E-state index contributed by atoms with van der Waals surface area (Å²) in [5, 5.41) is 2.70.